The van der Waals surface area contributed by atoms with Crippen LogP contribution in [0.4, 0.5) is 0 Å². The molecule has 0 bridgehead atoms. The predicted octanol–water partition coefficient (Wildman–Crippen LogP) is 2.95. The average Bonchev–Trinajstić information content (AvgIpc) is 3.02. The fraction of sp³-hybridized carbons (Fsp3) is 0.0556. The first-order valence-electron chi connectivity index (χ1n) is 7.18. The van der Waals surface area contributed by atoms with Gasteiger partial charge in [0.25, 0.3) is 0 Å². The van der Waals surface area contributed by atoms with Gasteiger partial charge in [-0.25, -0.2) is 9.48 Å². The summed E-state index contributed by atoms with van der Waals surface area (Å²) in [5.74, 6) is 0.0590. The lowest BCUT2D eigenvalue weighted by Crippen LogP contribution is -2.03. The highest BCUT2D eigenvalue weighted by Gasteiger charge is 2.02. The molecule has 0 radical (unpaired) electrons. The van der Waals surface area contributed by atoms with Crippen molar-refractivity contribution in [2.45, 2.75) is 6.54 Å². The lowest BCUT2D eigenvalue weighted by molar-refractivity contribution is -0.128. The molecule has 0 saturated heterocycles. The van der Waals surface area contributed by atoms with Crippen LogP contribution in [0.5, 0.6) is 5.75 Å². The summed E-state index contributed by atoms with van der Waals surface area (Å²) in [6.07, 6.45) is 4.70. The number of para-hydroxylation sites is 1. The Morgan fingerprint density at radius 3 is 2.48 bits per heavy atom. The van der Waals surface area contributed by atoms with Crippen LogP contribution >= 0.6 is 0 Å². The second-order valence-corrected chi connectivity index (χ2v) is 4.89. The van der Waals surface area contributed by atoms with E-state index in [2.05, 4.69) is 10.3 Å². The molecule has 5 nitrogen and oxygen atoms in total. The Labute approximate surface area is 133 Å². The Morgan fingerprint density at radius 2 is 1.74 bits per heavy atom. The summed E-state index contributed by atoms with van der Waals surface area (Å²) >= 11 is 0. The first-order valence-corrected chi connectivity index (χ1v) is 7.18. The first-order chi connectivity index (χ1) is 11.3. The van der Waals surface area contributed by atoms with E-state index in [9.17, 15) is 4.79 Å². The zero-order valence-corrected chi connectivity index (χ0v) is 12.4. The summed E-state index contributed by atoms with van der Waals surface area (Å²) in [5.41, 5.74) is 1.74. The lowest BCUT2D eigenvalue weighted by atomic mass is 10.2. The van der Waals surface area contributed by atoms with E-state index < -0.39 is 5.97 Å². The molecule has 114 valence electrons. The molecule has 1 aromatic heterocycles. The SMILES string of the molecule is O=C(C=Cc1cn(Cc2ccccc2)nn1)Oc1ccccc1. The van der Waals surface area contributed by atoms with E-state index in [1.807, 2.05) is 48.5 Å². The quantitative estimate of drug-likeness (QED) is 0.413. The molecule has 0 atom stereocenters. The minimum atomic E-state index is -0.450. The number of aromatic nitrogens is 3. The first kappa shape index (κ1) is 14.7. The van der Waals surface area contributed by atoms with E-state index in [0.717, 1.165) is 5.56 Å². The molecule has 3 rings (SSSR count). The molecule has 0 fully saturated rings. The van der Waals surface area contributed by atoms with E-state index in [-0.39, 0.29) is 0 Å². The smallest absolute Gasteiger partial charge is 0.336 e. The van der Waals surface area contributed by atoms with Gasteiger partial charge in [0, 0.05) is 6.08 Å². The van der Waals surface area contributed by atoms with Gasteiger partial charge >= 0.3 is 5.97 Å². The van der Waals surface area contributed by atoms with Crippen LogP contribution < -0.4 is 4.74 Å². The van der Waals surface area contributed by atoms with Gasteiger partial charge in [-0.3, -0.25) is 0 Å². The number of carbonyl (C=O) groups is 1. The van der Waals surface area contributed by atoms with Crippen molar-refractivity contribution >= 4 is 12.0 Å². The van der Waals surface area contributed by atoms with Crippen LogP contribution in [0.25, 0.3) is 6.08 Å². The number of hydrogen-bond donors (Lipinski definition) is 0. The molecule has 1 heterocycles. The normalized spacial score (nSPS) is 10.8. The monoisotopic (exact) mass is 305 g/mol. The van der Waals surface area contributed by atoms with Gasteiger partial charge in [0.1, 0.15) is 11.4 Å². The van der Waals surface area contributed by atoms with Crippen molar-refractivity contribution < 1.29 is 9.53 Å². The number of rotatable bonds is 5. The predicted molar refractivity (Wildman–Crippen MR) is 86.7 cm³/mol. The average molecular weight is 305 g/mol. The highest BCUT2D eigenvalue weighted by atomic mass is 16.5. The van der Waals surface area contributed by atoms with E-state index in [1.54, 1.807) is 29.1 Å². The van der Waals surface area contributed by atoms with Crippen LogP contribution in [0.15, 0.2) is 72.9 Å². The number of carbonyl (C=O) groups excluding carboxylic acids is 1. The Kier molecular flexibility index (Phi) is 4.59. The van der Waals surface area contributed by atoms with Gasteiger partial charge in [0.05, 0.1) is 12.7 Å². The van der Waals surface area contributed by atoms with E-state index in [1.165, 1.54) is 6.08 Å². The summed E-state index contributed by atoms with van der Waals surface area (Å²) in [4.78, 5) is 11.7. The number of benzene rings is 2. The molecule has 3 aromatic rings. The van der Waals surface area contributed by atoms with E-state index in [0.29, 0.717) is 18.0 Å². The van der Waals surface area contributed by atoms with Crippen molar-refractivity contribution in [1.82, 2.24) is 15.0 Å². The van der Waals surface area contributed by atoms with Crippen molar-refractivity contribution in [3.05, 3.63) is 84.2 Å². The van der Waals surface area contributed by atoms with Crippen LogP contribution in [0, 0.1) is 0 Å². The van der Waals surface area contributed by atoms with Crippen LogP contribution in [0.2, 0.25) is 0 Å². The molecule has 2 aromatic carbocycles. The van der Waals surface area contributed by atoms with E-state index >= 15 is 0 Å². The van der Waals surface area contributed by atoms with Crippen molar-refractivity contribution in [3.63, 3.8) is 0 Å². The zero-order valence-electron chi connectivity index (χ0n) is 12.4. The lowest BCUT2D eigenvalue weighted by Gasteiger charge is -1.99. The Hall–Kier alpha value is -3.21. The van der Waals surface area contributed by atoms with Gasteiger partial charge in [-0.1, -0.05) is 53.7 Å². The van der Waals surface area contributed by atoms with Crippen LogP contribution in [-0.4, -0.2) is 21.0 Å². The van der Waals surface area contributed by atoms with Crippen molar-refractivity contribution in [2.24, 2.45) is 0 Å². The van der Waals surface area contributed by atoms with Crippen molar-refractivity contribution in [1.29, 1.82) is 0 Å². The summed E-state index contributed by atoms with van der Waals surface area (Å²) in [6.45, 7) is 0.635. The van der Waals surface area contributed by atoms with Gasteiger partial charge in [-0.05, 0) is 23.8 Å². The summed E-state index contributed by atoms with van der Waals surface area (Å²) in [6, 6.07) is 18.9. The van der Waals surface area contributed by atoms with Gasteiger partial charge < -0.3 is 4.74 Å². The fourth-order valence-corrected chi connectivity index (χ4v) is 2.03. The largest absolute Gasteiger partial charge is 0.423 e. The molecule has 0 amide bonds. The summed E-state index contributed by atoms with van der Waals surface area (Å²) in [7, 11) is 0. The van der Waals surface area contributed by atoms with Crippen molar-refractivity contribution in [2.75, 3.05) is 0 Å². The molecule has 0 saturated carbocycles. The molecule has 23 heavy (non-hydrogen) atoms. The third kappa shape index (κ3) is 4.38. The Bertz CT molecular complexity index is 795. The van der Waals surface area contributed by atoms with Gasteiger partial charge in [0.2, 0.25) is 0 Å². The second kappa shape index (κ2) is 7.17. The minimum absolute atomic E-state index is 0.450. The Morgan fingerprint density at radius 1 is 1.04 bits per heavy atom. The summed E-state index contributed by atoms with van der Waals surface area (Å²) in [5, 5.41) is 8.05. The van der Waals surface area contributed by atoms with Gasteiger partial charge in [-0.15, -0.1) is 5.10 Å². The molecule has 0 aliphatic carbocycles. The third-order valence-corrected chi connectivity index (χ3v) is 3.10. The maximum atomic E-state index is 11.7. The highest BCUT2D eigenvalue weighted by Crippen LogP contribution is 2.09. The molecule has 5 heteroatoms. The summed E-state index contributed by atoms with van der Waals surface area (Å²) < 4.78 is 6.88. The Balaban J connectivity index is 1.59. The number of ether oxygens (including phenoxy) is 1. The molecular weight excluding hydrogens is 290 g/mol. The maximum Gasteiger partial charge on any atom is 0.336 e. The maximum absolute atomic E-state index is 11.7. The highest BCUT2D eigenvalue weighted by molar-refractivity contribution is 5.88. The van der Waals surface area contributed by atoms with Crippen LogP contribution in [0.1, 0.15) is 11.3 Å². The number of esters is 1. The molecular formula is C18H15N3O2. The molecule has 0 spiro atoms. The molecule has 0 N–H and O–H groups in total. The fourth-order valence-electron chi connectivity index (χ4n) is 2.03. The minimum Gasteiger partial charge on any atom is -0.423 e. The van der Waals surface area contributed by atoms with Gasteiger partial charge in [-0.2, -0.15) is 0 Å². The molecule has 0 unspecified atom stereocenters. The van der Waals surface area contributed by atoms with Crippen LogP contribution in [-0.2, 0) is 11.3 Å². The molecule has 0 aliphatic rings. The molecule has 0 aliphatic heterocycles. The van der Waals surface area contributed by atoms with E-state index in [4.69, 9.17) is 4.74 Å². The number of nitrogens with zero attached hydrogens (tertiary/aromatic N) is 3. The third-order valence-electron chi connectivity index (χ3n) is 3.10. The van der Waals surface area contributed by atoms with Crippen LogP contribution in [0.3, 0.4) is 0 Å². The standard InChI is InChI=1S/C18H15N3O2/c22-18(23-17-9-5-2-6-10-17)12-11-16-14-21(20-19-16)13-15-7-3-1-4-8-15/h1-12,14H,13H2. The topological polar surface area (TPSA) is 57.0 Å². The zero-order chi connectivity index (χ0) is 15.9. The second-order valence-electron chi connectivity index (χ2n) is 4.89. The van der Waals surface area contributed by atoms with Gasteiger partial charge in [0.15, 0.2) is 0 Å². The van der Waals surface area contributed by atoms with Crippen molar-refractivity contribution in [3.8, 4) is 5.75 Å². The number of hydrogen-bond acceptors (Lipinski definition) is 4.